The monoisotopic (exact) mass is 329 g/mol. The van der Waals surface area contributed by atoms with Crippen LogP contribution < -0.4 is 0 Å². The zero-order valence-electron chi connectivity index (χ0n) is 13.0. The van der Waals surface area contributed by atoms with E-state index in [4.69, 9.17) is 0 Å². The summed E-state index contributed by atoms with van der Waals surface area (Å²) in [6.45, 7) is 1.59. The maximum Gasteiger partial charge on any atom is 0.223 e. The molecule has 4 heteroatoms. The SMILES string of the molecule is O=C(C[C@@H](c1ccccc1)c1ccccc1F)N1CCSCC1. The van der Waals surface area contributed by atoms with Gasteiger partial charge in [0.2, 0.25) is 5.91 Å². The van der Waals surface area contributed by atoms with Crippen molar-refractivity contribution in [2.45, 2.75) is 12.3 Å². The van der Waals surface area contributed by atoms with Crippen LogP contribution in [0.4, 0.5) is 4.39 Å². The van der Waals surface area contributed by atoms with Gasteiger partial charge in [-0.1, -0.05) is 48.5 Å². The second-order valence-electron chi connectivity index (χ2n) is 5.68. The fraction of sp³-hybridized carbons (Fsp3) is 0.316. The Bertz CT molecular complexity index is 655. The Labute approximate surface area is 140 Å². The summed E-state index contributed by atoms with van der Waals surface area (Å²) in [5.74, 6) is 1.60. The fourth-order valence-corrected chi connectivity index (χ4v) is 3.87. The molecule has 1 fully saturated rings. The molecule has 0 aromatic heterocycles. The maximum atomic E-state index is 14.3. The van der Waals surface area contributed by atoms with Crippen LogP contribution in [0.5, 0.6) is 0 Å². The van der Waals surface area contributed by atoms with Crippen LogP contribution in [-0.4, -0.2) is 35.4 Å². The van der Waals surface area contributed by atoms with Crippen LogP contribution in [0.25, 0.3) is 0 Å². The first-order chi connectivity index (χ1) is 11.3. The van der Waals surface area contributed by atoms with Crippen molar-refractivity contribution < 1.29 is 9.18 Å². The van der Waals surface area contributed by atoms with Gasteiger partial charge in [-0.25, -0.2) is 4.39 Å². The minimum atomic E-state index is -0.247. The highest BCUT2D eigenvalue weighted by molar-refractivity contribution is 7.99. The van der Waals surface area contributed by atoms with Crippen molar-refractivity contribution in [3.63, 3.8) is 0 Å². The van der Waals surface area contributed by atoms with Crippen molar-refractivity contribution in [1.82, 2.24) is 4.90 Å². The molecule has 0 radical (unpaired) electrons. The Morgan fingerprint density at radius 1 is 1.04 bits per heavy atom. The van der Waals surface area contributed by atoms with Gasteiger partial charge in [0.25, 0.3) is 0 Å². The number of thioether (sulfide) groups is 1. The van der Waals surface area contributed by atoms with Crippen LogP contribution >= 0.6 is 11.8 Å². The highest BCUT2D eigenvalue weighted by atomic mass is 32.2. The van der Waals surface area contributed by atoms with Crippen LogP contribution in [0, 0.1) is 5.82 Å². The quantitative estimate of drug-likeness (QED) is 0.847. The highest BCUT2D eigenvalue weighted by Crippen LogP contribution is 2.30. The van der Waals surface area contributed by atoms with E-state index in [1.165, 1.54) is 6.07 Å². The lowest BCUT2D eigenvalue weighted by Crippen LogP contribution is -2.38. The van der Waals surface area contributed by atoms with Crippen LogP contribution in [0.1, 0.15) is 23.5 Å². The normalized spacial score (nSPS) is 16.1. The predicted octanol–water partition coefficient (Wildman–Crippen LogP) is 3.92. The predicted molar refractivity (Wildman–Crippen MR) is 93.2 cm³/mol. The highest BCUT2D eigenvalue weighted by Gasteiger charge is 2.24. The van der Waals surface area contributed by atoms with Crippen molar-refractivity contribution in [2.75, 3.05) is 24.6 Å². The zero-order chi connectivity index (χ0) is 16.1. The van der Waals surface area contributed by atoms with E-state index in [-0.39, 0.29) is 17.6 Å². The summed E-state index contributed by atoms with van der Waals surface area (Å²) in [4.78, 5) is 14.6. The summed E-state index contributed by atoms with van der Waals surface area (Å²) in [7, 11) is 0. The number of carbonyl (C=O) groups is 1. The molecule has 1 heterocycles. The lowest BCUT2D eigenvalue weighted by Gasteiger charge is -2.28. The number of amides is 1. The van der Waals surface area contributed by atoms with Gasteiger partial charge in [0.05, 0.1) is 0 Å². The van der Waals surface area contributed by atoms with E-state index in [2.05, 4.69) is 0 Å². The third-order valence-electron chi connectivity index (χ3n) is 4.23. The van der Waals surface area contributed by atoms with Gasteiger partial charge in [0.15, 0.2) is 0 Å². The number of carbonyl (C=O) groups excluding carboxylic acids is 1. The van der Waals surface area contributed by atoms with E-state index in [9.17, 15) is 9.18 Å². The molecule has 2 nitrogen and oxygen atoms in total. The molecule has 1 amide bonds. The molecule has 1 saturated heterocycles. The molecule has 0 aliphatic carbocycles. The largest absolute Gasteiger partial charge is 0.341 e. The first-order valence-corrected chi connectivity index (χ1v) is 9.06. The van der Waals surface area contributed by atoms with E-state index in [0.29, 0.717) is 12.0 Å². The lowest BCUT2D eigenvalue weighted by atomic mass is 9.87. The van der Waals surface area contributed by atoms with Crippen LogP contribution in [-0.2, 0) is 4.79 Å². The number of hydrogen-bond acceptors (Lipinski definition) is 2. The van der Waals surface area contributed by atoms with E-state index in [1.54, 1.807) is 12.1 Å². The third kappa shape index (κ3) is 3.94. The summed E-state index contributed by atoms with van der Waals surface area (Å²) in [5, 5.41) is 0. The van der Waals surface area contributed by atoms with Gasteiger partial charge in [-0.15, -0.1) is 0 Å². The topological polar surface area (TPSA) is 20.3 Å². The Balaban J connectivity index is 1.87. The zero-order valence-corrected chi connectivity index (χ0v) is 13.8. The molecule has 3 rings (SSSR count). The van der Waals surface area contributed by atoms with E-state index >= 15 is 0 Å². The molecule has 1 aliphatic rings. The molecule has 1 aliphatic heterocycles. The average Bonchev–Trinajstić information content (AvgIpc) is 2.62. The summed E-state index contributed by atoms with van der Waals surface area (Å²) in [5.41, 5.74) is 1.58. The molecule has 2 aromatic carbocycles. The van der Waals surface area contributed by atoms with E-state index in [0.717, 1.165) is 30.2 Å². The van der Waals surface area contributed by atoms with Crippen LogP contribution in [0.3, 0.4) is 0 Å². The number of halogens is 1. The van der Waals surface area contributed by atoms with E-state index < -0.39 is 0 Å². The molecule has 0 unspecified atom stereocenters. The summed E-state index contributed by atoms with van der Waals surface area (Å²) in [6, 6.07) is 16.5. The van der Waals surface area contributed by atoms with Gasteiger partial charge in [-0.3, -0.25) is 4.79 Å². The number of nitrogens with zero attached hydrogens (tertiary/aromatic N) is 1. The molecule has 1 atom stereocenters. The first kappa shape index (κ1) is 16.1. The minimum absolute atomic E-state index is 0.113. The summed E-state index contributed by atoms with van der Waals surface area (Å²) < 4.78 is 14.3. The van der Waals surface area contributed by atoms with Crippen molar-refractivity contribution >= 4 is 17.7 Å². The minimum Gasteiger partial charge on any atom is -0.341 e. The molecular formula is C19H20FNOS. The molecule has 0 saturated carbocycles. The van der Waals surface area contributed by atoms with Gasteiger partial charge in [0, 0.05) is 36.9 Å². The van der Waals surface area contributed by atoms with Crippen molar-refractivity contribution in [3.8, 4) is 0 Å². The van der Waals surface area contributed by atoms with Crippen LogP contribution in [0.2, 0.25) is 0 Å². The molecule has 0 bridgehead atoms. The maximum absolute atomic E-state index is 14.3. The van der Waals surface area contributed by atoms with Gasteiger partial charge in [-0.2, -0.15) is 11.8 Å². The Kier molecular flexibility index (Phi) is 5.34. The molecule has 120 valence electrons. The molecule has 23 heavy (non-hydrogen) atoms. The number of rotatable bonds is 4. The lowest BCUT2D eigenvalue weighted by molar-refractivity contribution is -0.131. The van der Waals surface area contributed by atoms with Gasteiger partial charge in [-0.05, 0) is 17.2 Å². The third-order valence-corrected chi connectivity index (χ3v) is 5.17. The number of hydrogen-bond donors (Lipinski definition) is 0. The number of benzene rings is 2. The molecule has 0 N–H and O–H groups in total. The Morgan fingerprint density at radius 3 is 2.39 bits per heavy atom. The van der Waals surface area contributed by atoms with Crippen molar-refractivity contribution in [3.05, 3.63) is 71.5 Å². The molecule has 2 aromatic rings. The summed E-state index contributed by atoms with van der Waals surface area (Å²) in [6.07, 6.45) is 0.315. The Morgan fingerprint density at radius 2 is 1.70 bits per heavy atom. The average molecular weight is 329 g/mol. The second kappa shape index (κ2) is 7.64. The smallest absolute Gasteiger partial charge is 0.223 e. The van der Waals surface area contributed by atoms with Crippen molar-refractivity contribution in [2.24, 2.45) is 0 Å². The summed E-state index contributed by atoms with van der Waals surface area (Å²) >= 11 is 1.88. The van der Waals surface area contributed by atoms with Crippen LogP contribution in [0.15, 0.2) is 54.6 Å². The molecule has 0 spiro atoms. The van der Waals surface area contributed by atoms with Gasteiger partial charge >= 0.3 is 0 Å². The fourth-order valence-electron chi connectivity index (χ4n) is 2.97. The Hall–Kier alpha value is -1.81. The first-order valence-electron chi connectivity index (χ1n) is 7.90. The van der Waals surface area contributed by atoms with E-state index in [1.807, 2.05) is 53.1 Å². The standard InChI is InChI=1S/C19H20FNOS/c20-18-9-5-4-8-16(18)17(15-6-2-1-3-7-15)14-19(22)21-10-12-23-13-11-21/h1-9,17H,10-14H2/t17-/m0/s1. The second-order valence-corrected chi connectivity index (χ2v) is 6.91. The molecular weight excluding hydrogens is 309 g/mol. The van der Waals surface area contributed by atoms with Crippen molar-refractivity contribution in [1.29, 1.82) is 0 Å². The van der Waals surface area contributed by atoms with Gasteiger partial charge < -0.3 is 4.90 Å². The van der Waals surface area contributed by atoms with Gasteiger partial charge in [0.1, 0.15) is 5.82 Å².